The van der Waals surface area contributed by atoms with Crippen LogP contribution in [0.5, 0.6) is 0 Å². The number of carboxylic acids is 1. The number of nitrogens with zero attached hydrogens (tertiary/aromatic N) is 2. The zero-order valence-corrected chi connectivity index (χ0v) is 11.5. The van der Waals surface area contributed by atoms with Crippen LogP contribution in [0.2, 0.25) is 0 Å². The van der Waals surface area contributed by atoms with Gasteiger partial charge in [0.25, 0.3) is 11.6 Å². The number of carboxylic acid groups (broad SMARTS) is 1. The van der Waals surface area contributed by atoms with Gasteiger partial charge in [0.15, 0.2) is 0 Å². The van der Waals surface area contributed by atoms with E-state index in [0.717, 1.165) is 4.90 Å². The molecule has 1 aromatic carbocycles. The molecule has 0 unspecified atom stereocenters. The molecule has 108 valence electrons. The molecular formula is C13H16N2O5. The molecule has 0 radical (unpaired) electrons. The van der Waals surface area contributed by atoms with Gasteiger partial charge in [0, 0.05) is 11.6 Å². The molecule has 20 heavy (non-hydrogen) atoms. The SMILES string of the molecule is CC(C)(C)N(CC(=O)O)C(=O)c1ccccc1[N+](=O)[O-]. The third kappa shape index (κ3) is 3.53. The number of rotatable bonds is 4. The summed E-state index contributed by atoms with van der Waals surface area (Å²) in [4.78, 5) is 34.7. The number of carbonyl (C=O) groups excluding carboxylic acids is 1. The Kier molecular flexibility index (Phi) is 4.44. The maximum absolute atomic E-state index is 12.4. The van der Waals surface area contributed by atoms with Crippen LogP contribution in [0.15, 0.2) is 24.3 Å². The summed E-state index contributed by atoms with van der Waals surface area (Å²) in [7, 11) is 0. The molecular weight excluding hydrogens is 264 g/mol. The van der Waals surface area contributed by atoms with Crippen molar-refractivity contribution in [2.75, 3.05) is 6.54 Å². The van der Waals surface area contributed by atoms with Gasteiger partial charge >= 0.3 is 5.97 Å². The highest BCUT2D eigenvalue weighted by Gasteiger charge is 2.32. The molecule has 1 aromatic rings. The normalized spacial score (nSPS) is 10.9. The van der Waals surface area contributed by atoms with Gasteiger partial charge in [-0.05, 0) is 26.8 Å². The summed E-state index contributed by atoms with van der Waals surface area (Å²) in [6.07, 6.45) is 0. The number of para-hydroxylation sites is 1. The van der Waals surface area contributed by atoms with Crippen LogP contribution in [0.4, 0.5) is 5.69 Å². The molecule has 0 aliphatic carbocycles. The third-order valence-electron chi connectivity index (χ3n) is 2.68. The summed E-state index contributed by atoms with van der Waals surface area (Å²) >= 11 is 0. The van der Waals surface area contributed by atoms with Crippen molar-refractivity contribution < 1.29 is 19.6 Å². The van der Waals surface area contributed by atoms with E-state index in [1.54, 1.807) is 20.8 Å². The molecule has 0 spiro atoms. The number of aliphatic carboxylic acids is 1. The highest BCUT2D eigenvalue weighted by atomic mass is 16.6. The Morgan fingerprint density at radius 1 is 1.30 bits per heavy atom. The summed E-state index contributed by atoms with van der Waals surface area (Å²) in [6.45, 7) is 4.49. The number of hydrogen-bond donors (Lipinski definition) is 1. The molecule has 0 saturated heterocycles. The van der Waals surface area contributed by atoms with Crippen LogP contribution in [0, 0.1) is 10.1 Å². The maximum Gasteiger partial charge on any atom is 0.323 e. The summed E-state index contributed by atoms with van der Waals surface area (Å²) in [5.41, 5.74) is -1.22. The number of nitro benzene ring substituents is 1. The van der Waals surface area contributed by atoms with Gasteiger partial charge < -0.3 is 10.0 Å². The molecule has 7 heteroatoms. The van der Waals surface area contributed by atoms with Crippen molar-refractivity contribution in [3.63, 3.8) is 0 Å². The molecule has 7 nitrogen and oxygen atoms in total. The second-order valence-corrected chi connectivity index (χ2v) is 5.23. The second kappa shape index (κ2) is 5.68. The topological polar surface area (TPSA) is 101 Å². The predicted octanol–water partition coefficient (Wildman–Crippen LogP) is 1.92. The van der Waals surface area contributed by atoms with E-state index in [0.29, 0.717) is 0 Å². The summed E-state index contributed by atoms with van der Waals surface area (Å²) in [5, 5.41) is 19.8. The van der Waals surface area contributed by atoms with Crippen LogP contribution in [-0.2, 0) is 4.79 Å². The average Bonchev–Trinajstić information content (AvgIpc) is 2.33. The Morgan fingerprint density at radius 3 is 2.30 bits per heavy atom. The number of amides is 1. The van der Waals surface area contributed by atoms with E-state index >= 15 is 0 Å². The van der Waals surface area contributed by atoms with E-state index in [1.165, 1.54) is 24.3 Å². The molecule has 0 bridgehead atoms. The Bertz CT molecular complexity index is 548. The molecule has 0 aliphatic heterocycles. The van der Waals surface area contributed by atoms with Crippen LogP contribution in [-0.4, -0.2) is 38.9 Å². The Morgan fingerprint density at radius 2 is 1.85 bits per heavy atom. The van der Waals surface area contributed by atoms with E-state index < -0.39 is 28.9 Å². The van der Waals surface area contributed by atoms with Crippen LogP contribution in [0.25, 0.3) is 0 Å². The van der Waals surface area contributed by atoms with Gasteiger partial charge in [0.05, 0.1) is 4.92 Å². The van der Waals surface area contributed by atoms with Gasteiger partial charge in [-0.15, -0.1) is 0 Å². The first-order valence-electron chi connectivity index (χ1n) is 5.91. The van der Waals surface area contributed by atoms with Crippen LogP contribution in [0.3, 0.4) is 0 Å². The molecule has 1 N–H and O–H groups in total. The molecule has 1 amide bonds. The van der Waals surface area contributed by atoms with Crippen LogP contribution in [0.1, 0.15) is 31.1 Å². The zero-order valence-electron chi connectivity index (χ0n) is 11.5. The Balaban J connectivity index is 3.26. The lowest BCUT2D eigenvalue weighted by atomic mass is 10.0. The van der Waals surface area contributed by atoms with Crippen molar-refractivity contribution in [2.45, 2.75) is 26.3 Å². The molecule has 0 fully saturated rings. The molecule has 0 heterocycles. The molecule has 1 rings (SSSR count). The second-order valence-electron chi connectivity index (χ2n) is 5.23. The minimum absolute atomic E-state index is 0.117. The van der Waals surface area contributed by atoms with Gasteiger partial charge in [0.1, 0.15) is 12.1 Å². The standard InChI is InChI=1S/C13H16N2O5/c1-13(2,3)14(8-11(16)17)12(18)9-6-4-5-7-10(9)15(19)20/h4-7H,8H2,1-3H3,(H,16,17). The number of carbonyl (C=O) groups is 2. The van der Waals surface area contributed by atoms with Crippen molar-refractivity contribution in [3.05, 3.63) is 39.9 Å². The Labute approximate surface area is 116 Å². The van der Waals surface area contributed by atoms with Gasteiger partial charge in [-0.2, -0.15) is 0 Å². The van der Waals surface area contributed by atoms with Crippen LogP contribution < -0.4 is 0 Å². The van der Waals surface area contributed by atoms with E-state index in [4.69, 9.17) is 5.11 Å². The van der Waals surface area contributed by atoms with Crippen molar-refractivity contribution in [1.29, 1.82) is 0 Å². The first-order valence-corrected chi connectivity index (χ1v) is 5.91. The molecule has 0 atom stereocenters. The molecule has 0 aromatic heterocycles. The van der Waals surface area contributed by atoms with E-state index in [1.807, 2.05) is 0 Å². The Hall–Kier alpha value is -2.44. The minimum Gasteiger partial charge on any atom is -0.480 e. The zero-order chi connectivity index (χ0) is 15.5. The summed E-state index contributed by atoms with van der Waals surface area (Å²) < 4.78 is 0. The van der Waals surface area contributed by atoms with E-state index in [9.17, 15) is 19.7 Å². The lowest BCUT2D eigenvalue weighted by Crippen LogP contribution is -2.48. The lowest BCUT2D eigenvalue weighted by Gasteiger charge is -2.34. The van der Waals surface area contributed by atoms with Gasteiger partial charge in [-0.3, -0.25) is 19.7 Å². The largest absolute Gasteiger partial charge is 0.480 e. The fraction of sp³-hybridized carbons (Fsp3) is 0.385. The van der Waals surface area contributed by atoms with Crippen molar-refractivity contribution in [3.8, 4) is 0 Å². The van der Waals surface area contributed by atoms with Crippen molar-refractivity contribution in [1.82, 2.24) is 4.90 Å². The fourth-order valence-electron chi connectivity index (χ4n) is 1.71. The van der Waals surface area contributed by atoms with Gasteiger partial charge in [-0.1, -0.05) is 12.1 Å². The van der Waals surface area contributed by atoms with Crippen molar-refractivity contribution >= 4 is 17.6 Å². The van der Waals surface area contributed by atoms with Gasteiger partial charge in [-0.25, -0.2) is 0 Å². The predicted molar refractivity (Wildman–Crippen MR) is 71.5 cm³/mol. The summed E-state index contributed by atoms with van der Waals surface area (Å²) in [5.74, 6) is -1.85. The number of nitro groups is 1. The molecule has 0 aliphatic rings. The number of hydrogen-bond acceptors (Lipinski definition) is 4. The third-order valence-corrected chi connectivity index (χ3v) is 2.68. The smallest absolute Gasteiger partial charge is 0.323 e. The van der Waals surface area contributed by atoms with Gasteiger partial charge in [0.2, 0.25) is 0 Å². The first kappa shape index (κ1) is 15.6. The fourth-order valence-corrected chi connectivity index (χ4v) is 1.71. The highest BCUT2D eigenvalue weighted by molar-refractivity contribution is 5.99. The van der Waals surface area contributed by atoms with E-state index in [-0.39, 0.29) is 11.3 Å². The quantitative estimate of drug-likeness (QED) is 0.670. The minimum atomic E-state index is -1.17. The number of benzene rings is 1. The van der Waals surface area contributed by atoms with Crippen molar-refractivity contribution in [2.24, 2.45) is 0 Å². The molecule has 0 saturated carbocycles. The highest BCUT2D eigenvalue weighted by Crippen LogP contribution is 2.23. The van der Waals surface area contributed by atoms with Crippen LogP contribution >= 0.6 is 0 Å². The average molecular weight is 280 g/mol. The van der Waals surface area contributed by atoms with E-state index in [2.05, 4.69) is 0 Å². The summed E-state index contributed by atoms with van der Waals surface area (Å²) in [6, 6.07) is 5.49. The maximum atomic E-state index is 12.4. The first-order chi connectivity index (χ1) is 9.14. The monoisotopic (exact) mass is 280 g/mol. The lowest BCUT2D eigenvalue weighted by molar-refractivity contribution is -0.385.